The van der Waals surface area contributed by atoms with Crippen LogP contribution >= 0.6 is 0 Å². The molecule has 0 bridgehead atoms. The van der Waals surface area contributed by atoms with E-state index < -0.39 is 0 Å². The van der Waals surface area contributed by atoms with Crippen molar-refractivity contribution in [3.8, 4) is 0 Å². The number of carbonyl (C=O) groups excluding carboxylic acids is 3. The minimum Gasteiger partial charge on any atom is -0.300 e. The van der Waals surface area contributed by atoms with Crippen LogP contribution in [0.25, 0.3) is 0 Å². The molecule has 1 aliphatic heterocycles. The molecule has 0 saturated carbocycles. The van der Waals surface area contributed by atoms with Crippen LogP contribution in [0.3, 0.4) is 0 Å². The number of hydrogen-bond donors (Lipinski definition) is 0. The molecule has 0 aromatic carbocycles. The Labute approximate surface area is 99.7 Å². The maximum absolute atomic E-state index is 10.9. The first-order valence-corrected chi connectivity index (χ1v) is 3.64. The number of amides is 2. The Bertz CT molecular complexity index is 255. The third kappa shape index (κ3) is 3.45. The van der Waals surface area contributed by atoms with Crippen molar-refractivity contribution in [3.63, 3.8) is 0 Å². The van der Waals surface area contributed by atoms with Crippen molar-refractivity contribution >= 4 is 17.6 Å². The van der Waals surface area contributed by atoms with E-state index in [1.54, 1.807) is 0 Å². The predicted octanol–water partition coefficient (Wildman–Crippen LogP) is -0.109. The van der Waals surface area contributed by atoms with Crippen molar-refractivity contribution in [1.29, 1.82) is 0 Å². The Morgan fingerprint density at radius 2 is 1.77 bits per heavy atom. The van der Waals surface area contributed by atoms with Gasteiger partial charge in [0.25, 0.3) is 11.8 Å². The monoisotopic (exact) mass is 405 g/mol. The average molecular weight is 405 g/mol. The van der Waals surface area contributed by atoms with Gasteiger partial charge in [-0.25, -0.2) is 0 Å². The molecule has 1 heterocycles. The van der Waals surface area contributed by atoms with Gasteiger partial charge in [0.15, 0.2) is 0 Å². The van der Waals surface area contributed by atoms with E-state index in [0.29, 0.717) is 0 Å². The zero-order chi connectivity index (χ0) is 9.14. The van der Waals surface area contributed by atoms with Crippen LogP contribution in [-0.2, 0) is 14.4 Å². The summed E-state index contributed by atoms with van der Waals surface area (Å²) < 4.78 is 0. The topological polar surface area (TPSA) is 54.5 Å². The first kappa shape index (κ1) is 12.6. The second-order valence-electron chi connectivity index (χ2n) is 2.61. The molecule has 0 N–H and O–H groups in total. The van der Waals surface area contributed by atoms with E-state index in [2.05, 4.69) is 0 Å². The van der Waals surface area contributed by atoms with Gasteiger partial charge in [-0.05, 0) is 6.92 Å². The van der Waals surface area contributed by atoms with Crippen molar-refractivity contribution in [1.82, 2.24) is 4.90 Å². The molecular formula is C8H9NO3U. The Hall–Kier alpha value is -0.398. The van der Waals surface area contributed by atoms with Gasteiger partial charge in [0, 0.05) is 56.2 Å². The Kier molecular flexibility index (Phi) is 5.19. The molecule has 13 heavy (non-hydrogen) atoms. The van der Waals surface area contributed by atoms with Crippen LogP contribution in [0.2, 0.25) is 0 Å². The molecular weight excluding hydrogens is 396 g/mol. The molecule has 0 radical (unpaired) electrons. The van der Waals surface area contributed by atoms with Gasteiger partial charge in [0.1, 0.15) is 5.78 Å². The van der Waals surface area contributed by atoms with Gasteiger partial charge in [-0.3, -0.25) is 19.3 Å². The summed E-state index contributed by atoms with van der Waals surface area (Å²) in [5.41, 5.74) is 0. The maximum atomic E-state index is 10.9. The van der Waals surface area contributed by atoms with Crippen molar-refractivity contribution < 1.29 is 45.5 Å². The zero-order valence-corrected chi connectivity index (χ0v) is 11.4. The van der Waals surface area contributed by atoms with Gasteiger partial charge in [0.2, 0.25) is 0 Å². The number of ketones is 1. The molecule has 1 rings (SSSR count). The van der Waals surface area contributed by atoms with Crippen LogP contribution in [0.4, 0.5) is 0 Å². The fourth-order valence-electron chi connectivity index (χ4n) is 0.921. The van der Waals surface area contributed by atoms with E-state index in [4.69, 9.17) is 0 Å². The minimum absolute atomic E-state index is 0. The van der Waals surface area contributed by atoms with Crippen molar-refractivity contribution in [2.75, 3.05) is 6.54 Å². The normalized spacial score (nSPS) is 14.7. The van der Waals surface area contributed by atoms with Gasteiger partial charge < -0.3 is 0 Å². The van der Waals surface area contributed by atoms with E-state index in [1.807, 2.05) is 0 Å². The third-order valence-corrected chi connectivity index (χ3v) is 1.59. The third-order valence-electron chi connectivity index (χ3n) is 1.59. The van der Waals surface area contributed by atoms with Crippen LogP contribution < -0.4 is 0 Å². The fourth-order valence-corrected chi connectivity index (χ4v) is 0.921. The standard InChI is InChI=1S/C8H9NO3.U/c1-6(10)4-5-9-7(11)2-3-8(9)12;/h2-3H,4-5H2,1H3;. The summed E-state index contributed by atoms with van der Waals surface area (Å²) in [6, 6.07) is 0. The van der Waals surface area contributed by atoms with Crippen LogP contribution in [0, 0.1) is 31.1 Å². The summed E-state index contributed by atoms with van der Waals surface area (Å²) in [5, 5.41) is 0. The largest absolute Gasteiger partial charge is 0.300 e. The summed E-state index contributed by atoms with van der Waals surface area (Å²) in [5.74, 6) is -0.690. The fraction of sp³-hybridized carbons (Fsp3) is 0.375. The number of nitrogens with zero attached hydrogens (tertiary/aromatic N) is 1. The molecule has 0 aromatic rings. The SMILES string of the molecule is CC(=O)CCN1C(=O)C=CC1=O.[U]. The summed E-state index contributed by atoms with van der Waals surface area (Å²) in [6.45, 7) is 1.62. The van der Waals surface area contributed by atoms with Gasteiger partial charge >= 0.3 is 0 Å². The second-order valence-corrected chi connectivity index (χ2v) is 2.61. The van der Waals surface area contributed by atoms with E-state index in [1.165, 1.54) is 19.1 Å². The van der Waals surface area contributed by atoms with E-state index >= 15 is 0 Å². The summed E-state index contributed by atoms with van der Waals surface area (Å²) in [7, 11) is 0. The molecule has 0 saturated heterocycles. The van der Waals surface area contributed by atoms with E-state index in [-0.39, 0.29) is 61.7 Å². The second kappa shape index (κ2) is 5.36. The molecule has 68 valence electrons. The van der Waals surface area contributed by atoms with E-state index in [0.717, 1.165) is 4.90 Å². The number of Topliss-reactive ketones (excluding diaryl/α,β-unsaturated/α-hetero) is 1. The Morgan fingerprint density at radius 1 is 1.31 bits per heavy atom. The first-order valence-electron chi connectivity index (χ1n) is 3.64. The van der Waals surface area contributed by atoms with Gasteiger partial charge in [-0.1, -0.05) is 0 Å². The molecule has 0 spiro atoms. The molecule has 1 aliphatic rings. The molecule has 5 heteroatoms. The number of carbonyl (C=O) groups is 3. The van der Waals surface area contributed by atoms with Crippen molar-refractivity contribution in [2.24, 2.45) is 0 Å². The molecule has 0 atom stereocenters. The summed E-state index contributed by atoms with van der Waals surface area (Å²) in [6.07, 6.45) is 2.66. The Morgan fingerprint density at radius 3 is 2.15 bits per heavy atom. The smallest absolute Gasteiger partial charge is 0.253 e. The first-order chi connectivity index (χ1) is 5.61. The maximum Gasteiger partial charge on any atom is 0.253 e. The number of hydrogen-bond acceptors (Lipinski definition) is 3. The van der Waals surface area contributed by atoms with Crippen LogP contribution in [0.15, 0.2) is 12.2 Å². The average Bonchev–Trinajstić information content (AvgIpc) is 2.28. The summed E-state index contributed by atoms with van der Waals surface area (Å²) >= 11 is 0. The predicted molar refractivity (Wildman–Crippen MR) is 41.2 cm³/mol. The van der Waals surface area contributed by atoms with Crippen molar-refractivity contribution in [3.05, 3.63) is 12.2 Å². The minimum atomic E-state index is -0.332. The number of imide groups is 1. The zero-order valence-electron chi connectivity index (χ0n) is 7.24. The molecule has 0 unspecified atom stereocenters. The molecule has 0 fully saturated rings. The van der Waals surface area contributed by atoms with Crippen LogP contribution in [0.5, 0.6) is 0 Å². The quantitative estimate of drug-likeness (QED) is 0.616. The number of rotatable bonds is 3. The van der Waals surface area contributed by atoms with Gasteiger partial charge in [-0.15, -0.1) is 0 Å². The van der Waals surface area contributed by atoms with Gasteiger partial charge in [-0.2, -0.15) is 0 Å². The molecule has 2 amide bonds. The molecule has 0 aliphatic carbocycles. The van der Waals surface area contributed by atoms with Gasteiger partial charge in [0.05, 0.1) is 0 Å². The van der Waals surface area contributed by atoms with Crippen LogP contribution in [-0.4, -0.2) is 29.0 Å². The summed E-state index contributed by atoms with van der Waals surface area (Å²) in [4.78, 5) is 33.4. The van der Waals surface area contributed by atoms with Crippen molar-refractivity contribution in [2.45, 2.75) is 13.3 Å². The molecule has 0 aromatic heterocycles. The van der Waals surface area contributed by atoms with Crippen LogP contribution in [0.1, 0.15) is 13.3 Å². The van der Waals surface area contributed by atoms with E-state index in [9.17, 15) is 14.4 Å². The molecule has 4 nitrogen and oxygen atoms in total. The Balaban J connectivity index is 0.00000144.